The van der Waals surface area contributed by atoms with Crippen LogP contribution in [-0.2, 0) is 43.0 Å². The van der Waals surface area contributed by atoms with E-state index in [1.165, 1.54) is 134 Å². The highest BCUT2D eigenvalue weighted by atomic mass is 32.2. The maximum Gasteiger partial charge on any atom is 0.306 e. The predicted octanol–water partition coefficient (Wildman–Crippen LogP) is 11.7. The zero-order valence-electron chi connectivity index (χ0n) is 44.7. The minimum Gasteiger partial charge on any atom is -0.481 e. The number of nitrogens with two attached hydrogens (primary N) is 1. The van der Waals surface area contributed by atoms with Crippen molar-refractivity contribution in [2.75, 3.05) is 18.1 Å². The molecule has 4 atom stereocenters. The number of esters is 2. The molecule has 0 unspecified atom stereocenters. The first-order valence-corrected chi connectivity index (χ1v) is 29.4. The number of carboxylic acids is 1. The molecule has 0 bridgehead atoms. The number of primary amides is 1. The van der Waals surface area contributed by atoms with Crippen molar-refractivity contribution in [3.05, 3.63) is 0 Å². The molecule has 0 aliphatic heterocycles. The molecule has 0 aliphatic rings. The van der Waals surface area contributed by atoms with E-state index < -0.39 is 54.3 Å². The molecule has 0 aromatic carbocycles. The molecule has 0 aromatic heterocycles. The van der Waals surface area contributed by atoms with E-state index in [0.717, 1.165) is 64.2 Å². The lowest BCUT2D eigenvalue weighted by Gasteiger charge is -2.24. The van der Waals surface area contributed by atoms with Gasteiger partial charge in [0, 0.05) is 37.2 Å². The van der Waals surface area contributed by atoms with Crippen LogP contribution in [0.2, 0.25) is 0 Å². The third-order valence-corrected chi connectivity index (χ3v) is 14.0. The fourth-order valence-corrected chi connectivity index (χ4v) is 9.33. The molecule has 0 fully saturated rings. The highest BCUT2D eigenvalue weighted by molar-refractivity contribution is 7.99. The minimum absolute atomic E-state index is 0.0649. The Morgan fingerprint density at radius 1 is 0.457 bits per heavy atom. The van der Waals surface area contributed by atoms with Crippen LogP contribution in [0.1, 0.15) is 265 Å². The first-order valence-electron chi connectivity index (χ1n) is 28.2. The van der Waals surface area contributed by atoms with Gasteiger partial charge < -0.3 is 36.3 Å². The summed E-state index contributed by atoms with van der Waals surface area (Å²) in [4.78, 5) is 89.6. The van der Waals surface area contributed by atoms with Gasteiger partial charge in [0.15, 0.2) is 0 Å². The molecule has 0 aromatic rings. The number of carbonyl (C=O) groups is 7. The van der Waals surface area contributed by atoms with Crippen molar-refractivity contribution in [1.29, 1.82) is 0 Å². The van der Waals surface area contributed by atoms with Gasteiger partial charge in [-0.1, -0.05) is 207 Å². The van der Waals surface area contributed by atoms with Crippen LogP contribution >= 0.6 is 11.8 Å². The first-order chi connectivity index (χ1) is 33.9. The number of carboxylic acid groups (broad SMARTS) is 1. The van der Waals surface area contributed by atoms with Crippen LogP contribution in [-0.4, -0.2) is 89.0 Å². The molecular formula is C55H102N4O10S. The predicted molar refractivity (Wildman–Crippen MR) is 284 cm³/mol. The van der Waals surface area contributed by atoms with Crippen LogP contribution in [0.4, 0.5) is 0 Å². The van der Waals surface area contributed by atoms with E-state index in [1.54, 1.807) is 6.92 Å². The summed E-state index contributed by atoms with van der Waals surface area (Å²) < 4.78 is 11.5. The smallest absolute Gasteiger partial charge is 0.306 e. The molecule has 0 spiro atoms. The molecule has 0 saturated carbocycles. The van der Waals surface area contributed by atoms with Gasteiger partial charge in [-0.05, 0) is 32.1 Å². The quantitative estimate of drug-likeness (QED) is 0.0285. The topological polar surface area (TPSA) is 220 Å². The normalized spacial score (nSPS) is 12.9. The van der Waals surface area contributed by atoms with E-state index in [9.17, 15) is 33.6 Å². The fraction of sp³-hybridized carbons (Fsp3) is 0.873. The molecule has 0 rings (SSSR count). The number of unbranched alkanes of at least 4 members (excludes halogenated alkanes) is 28. The lowest BCUT2D eigenvalue weighted by Crippen LogP contribution is -2.56. The summed E-state index contributed by atoms with van der Waals surface area (Å²) in [7, 11) is 0. The number of amides is 4. The molecular weight excluding hydrogens is 909 g/mol. The van der Waals surface area contributed by atoms with Crippen molar-refractivity contribution in [3.8, 4) is 0 Å². The van der Waals surface area contributed by atoms with Gasteiger partial charge >= 0.3 is 17.9 Å². The Kier molecular flexibility index (Phi) is 45.6. The summed E-state index contributed by atoms with van der Waals surface area (Å²) in [5, 5.41) is 17.1. The highest BCUT2D eigenvalue weighted by Crippen LogP contribution is 2.17. The number of carbonyl (C=O) groups excluding carboxylic acids is 6. The molecule has 14 nitrogen and oxygen atoms in total. The van der Waals surface area contributed by atoms with Crippen molar-refractivity contribution < 1.29 is 48.1 Å². The number of rotatable bonds is 51. The summed E-state index contributed by atoms with van der Waals surface area (Å²) in [5.41, 5.74) is 5.44. The Balaban J connectivity index is 5.66. The zero-order valence-corrected chi connectivity index (χ0v) is 45.5. The van der Waals surface area contributed by atoms with E-state index in [-0.39, 0.29) is 68.1 Å². The first kappa shape index (κ1) is 66.6. The van der Waals surface area contributed by atoms with Crippen LogP contribution in [0, 0.1) is 0 Å². The lowest BCUT2D eigenvalue weighted by molar-refractivity contribution is -0.157. The Morgan fingerprint density at radius 2 is 0.843 bits per heavy atom. The van der Waals surface area contributed by atoms with Crippen LogP contribution in [0.25, 0.3) is 0 Å². The van der Waals surface area contributed by atoms with Crippen molar-refractivity contribution in [1.82, 2.24) is 16.0 Å². The minimum atomic E-state index is -1.25. The Hall–Kier alpha value is -3.36. The second-order valence-electron chi connectivity index (χ2n) is 19.5. The van der Waals surface area contributed by atoms with E-state index in [0.29, 0.717) is 12.8 Å². The van der Waals surface area contributed by atoms with Gasteiger partial charge in [-0.3, -0.25) is 33.6 Å². The molecule has 15 heteroatoms. The lowest BCUT2D eigenvalue weighted by atomic mass is 10.0. The molecule has 0 heterocycles. The highest BCUT2D eigenvalue weighted by Gasteiger charge is 2.29. The Labute approximate surface area is 429 Å². The van der Waals surface area contributed by atoms with Crippen molar-refractivity contribution in [2.24, 2.45) is 5.73 Å². The number of nitrogens with one attached hydrogen (secondary N) is 3. The zero-order chi connectivity index (χ0) is 51.9. The van der Waals surface area contributed by atoms with E-state index in [4.69, 9.17) is 20.3 Å². The average molecular weight is 1010 g/mol. The average Bonchev–Trinajstić information content (AvgIpc) is 3.33. The molecule has 70 heavy (non-hydrogen) atoms. The van der Waals surface area contributed by atoms with E-state index >= 15 is 0 Å². The standard InChI is InChI=1S/C55H102N4O10S/c1-5-9-12-15-18-21-22-23-24-27-28-31-34-37-49(60)57-48(55(67)58-46(8-4)54(66)59-47(53(56)65)40-41-50(61)62)44-70-43-45(69-52(64)39-36-33-30-26-20-17-14-11-7-3)42-68-51(63)38-35-32-29-25-19-16-13-10-6-2/h45-48H,5-44H2,1-4H3,(H2,56,65)(H,57,60)(H,58,67)(H,59,66)(H,61,62)/t45-,46+,47-,48+/m1/s1. The number of aliphatic carboxylic acids is 1. The summed E-state index contributed by atoms with van der Waals surface area (Å²) in [6.07, 6.45) is 34.8. The molecule has 408 valence electrons. The number of thioether (sulfide) groups is 1. The van der Waals surface area contributed by atoms with Gasteiger partial charge in [0.05, 0.1) is 0 Å². The van der Waals surface area contributed by atoms with Gasteiger partial charge in [-0.2, -0.15) is 11.8 Å². The number of hydrogen-bond donors (Lipinski definition) is 5. The largest absolute Gasteiger partial charge is 0.481 e. The maximum absolute atomic E-state index is 13.9. The molecule has 0 aliphatic carbocycles. The summed E-state index contributed by atoms with van der Waals surface area (Å²) in [6, 6.07) is -3.43. The van der Waals surface area contributed by atoms with Gasteiger partial charge in [-0.25, -0.2) is 0 Å². The molecule has 0 saturated heterocycles. The van der Waals surface area contributed by atoms with E-state index in [1.807, 2.05) is 0 Å². The van der Waals surface area contributed by atoms with Gasteiger partial charge in [0.25, 0.3) is 0 Å². The molecule has 4 amide bonds. The van der Waals surface area contributed by atoms with Crippen molar-refractivity contribution >= 4 is 53.3 Å². The SMILES string of the molecule is CCCCCCCCCCCCCCCC(=O)N[C@@H](CSC[C@@H](COC(=O)CCCCCCCCCCC)OC(=O)CCCCCCCCCCC)C(=O)N[C@@H](CC)C(=O)N[C@H](CCC(=O)O)C(N)=O. The summed E-state index contributed by atoms with van der Waals surface area (Å²) in [6.45, 7) is 8.19. The van der Waals surface area contributed by atoms with Crippen molar-refractivity contribution in [2.45, 2.75) is 289 Å². The fourth-order valence-electron chi connectivity index (χ4n) is 8.30. The monoisotopic (exact) mass is 1010 g/mol. The van der Waals surface area contributed by atoms with Crippen LogP contribution in [0.5, 0.6) is 0 Å². The third kappa shape index (κ3) is 41.3. The number of hydrogen-bond acceptors (Lipinski definition) is 10. The summed E-state index contributed by atoms with van der Waals surface area (Å²) in [5.74, 6) is -4.17. The molecule has 0 radical (unpaired) electrons. The Bertz CT molecular complexity index is 1370. The van der Waals surface area contributed by atoms with Gasteiger partial charge in [-0.15, -0.1) is 0 Å². The van der Waals surface area contributed by atoms with E-state index in [2.05, 4.69) is 36.7 Å². The second kappa shape index (κ2) is 47.9. The maximum atomic E-state index is 13.9. The second-order valence-corrected chi connectivity index (χ2v) is 20.5. The van der Waals surface area contributed by atoms with Crippen LogP contribution in [0.15, 0.2) is 0 Å². The van der Waals surface area contributed by atoms with Gasteiger partial charge in [0.2, 0.25) is 23.6 Å². The van der Waals surface area contributed by atoms with Crippen LogP contribution < -0.4 is 21.7 Å². The third-order valence-electron chi connectivity index (χ3n) is 12.8. The van der Waals surface area contributed by atoms with Crippen molar-refractivity contribution in [3.63, 3.8) is 0 Å². The Morgan fingerprint density at radius 3 is 1.26 bits per heavy atom. The number of ether oxygens (including phenoxy) is 2. The molecule has 6 N–H and O–H groups in total. The van der Waals surface area contributed by atoms with Crippen LogP contribution in [0.3, 0.4) is 0 Å². The van der Waals surface area contributed by atoms with Gasteiger partial charge in [0.1, 0.15) is 30.8 Å². The summed E-state index contributed by atoms with van der Waals surface area (Å²) >= 11 is 1.26.